The molecule has 7 heteroatoms. The van der Waals surface area contributed by atoms with Gasteiger partial charge in [0.1, 0.15) is 5.03 Å². The maximum Gasteiger partial charge on any atom is 0.261 e. The van der Waals surface area contributed by atoms with Crippen LogP contribution in [0.25, 0.3) is 0 Å². The number of pyridine rings is 1. The summed E-state index contributed by atoms with van der Waals surface area (Å²) in [5.41, 5.74) is 0. The first-order valence-corrected chi connectivity index (χ1v) is 10.1. The maximum absolute atomic E-state index is 12.5. The minimum Gasteiger partial charge on any atom is -0.347 e. The summed E-state index contributed by atoms with van der Waals surface area (Å²) in [5.74, 6) is 0.695. The number of thiophene rings is 1. The van der Waals surface area contributed by atoms with Gasteiger partial charge in [-0.05, 0) is 56.1 Å². The molecule has 3 fully saturated rings. The highest BCUT2D eigenvalue weighted by atomic mass is 35.5. The summed E-state index contributed by atoms with van der Waals surface area (Å²) < 4.78 is 1.06. The Labute approximate surface area is 154 Å². The minimum atomic E-state index is 0.0506. The number of carbonyl (C=O) groups excluding carboxylic acids is 1. The molecule has 2 aromatic rings. The van der Waals surface area contributed by atoms with Crippen molar-refractivity contribution in [3.63, 3.8) is 0 Å². The molecule has 0 unspecified atom stereocenters. The van der Waals surface area contributed by atoms with Crippen LogP contribution in [0.5, 0.6) is 0 Å². The van der Waals surface area contributed by atoms with Crippen molar-refractivity contribution in [1.82, 2.24) is 15.2 Å². The number of amides is 1. The standard InChI is InChI=1S/C17H18ClN3OS2/c18-12-1-3-15(19-9-12)24-16-4-2-14(23-16)17(22)20-13-10-21-7-5-11(13)6-8-21/h1-4,9,11,13H,5-8,10H2,(H,20,22)/t13-/m0/s1. The zero-order chi connectivity index (χ0) is 16.5. The normalized spacial score (nSPS) is 25.6. The lowest BCUT2D eigenvalue weighted by Crippen LogP contribution is -2.57. The molecule has 4 nitrogen and oxygen atoms in total. The van der Waals surface area contributed by atoms with Crippen LogP contribution in [0.4, 0.5) is 0 Å². The molecule has 0 aliphatic carbocycles. The fourth-order valence-corrected chi connectivity index (χ4v) is 5.42. The lowest BCUT2D eigenvalue weighted by atomic mass is 9.84. The smallest absolute Gasteiger partial charge is 0.261 e. The fraction of sp³-hybridized carbons (Fsp3) is 0.412. The summed E-state index contributed by atoms with van der Waals surface area (Å²) in [6.45, 7) is 3.37. The van der Waals surface area contributed by atoms with Crippen LogP contribution < -0.4 is 5.32 Å². The van der Waals surface area contributed by atoms with Gasteiger partial charge in [-0.25, -0.2) is 4.98 Å². The Morgan fingerprint density at radius 3 is 2.79 bits per heavy atom. The molecule has 5 rings (SSSR count). The van der Waals surface area contributed by atoms with Gasteiger partial charge in [0, 0.05) is 18.8 Å². The van der Waals surface area contributed by atoms with Gasteiger partial charge in [0.25, 0.3) is 5.91 Å². The van der Waals surface area contributed by atoms with Crippen molar-refractivity contribution in [2.45, 2.75) is 28.1 Å². The van der Waals surface area contributed by atoms with E-state index < -0.39 is 0 Å². The topological polar surface area (TPSA) is 45.2 Å². The van der Waals surface area contributed by atoms with E-state index in [1.165, 1.54) is 37.3 Å². The highest BCUT2D eigenvalue weighted by Gasteiger charge is 2.35. The van der Waals surface area contributed by atoms with E-state index in [2.05, 4.69) is 15.2 Å². The largest absolute Gasteiger partial charge is 0.347 e. The van der Waals surface area contributed by atoms with Gasteiger partial charge >= 0.3 is 0 Å². The van der Waals surface area contributed by atoms with Gasteiger partial charge in [-0.15, -0.1) is 11.3 Å². The Hall–Kier alpha value is -1.08. The number of rotatable bonds is 4. The lowest BCUT2D eigenvalue weighted by Gasteiger charge is -2.44. The van der Waals surface area contributed by atoms with Crippen LogP contribution in [-0.4, -0.2) is 41.5 Å². The number of fused-ring (bicyclic) bond motifs is 3. The molecule has 0 aromatic carbocycles. The van der Waals surface area contributed by atoms with Crippen LogP contribution in [0.15, 0.2) is 39.7 Å². The molecule has 3 saturated heterocycles. The van der Waals surface area contributed by atoms with Gasteiger partial charge < -0.3 is 10.2 Å². The third kappa shape index (κ3) is 3.61. The number of aromatic nitrogens is 1. The van der Waals surface area contributed by atoms with Crippen molar-refractivity contribution in [1.29, 1.82) is 0 Å². The number of hydrogen-bond donors (Lipinski definition) is 1. The van der Waals surface area contributed by atoms with Crippen molar-refractivity contribution in [3.05, 3.63) is 40.4 Å². The Morgan fingerprint density at radius 2 is 2.12 bits per heavy atom. The van der Waals surface area contributed by atoms with Crippen molar-refractivity contribution in [2.24, 2.45) is 5.92 Å². The van der Waals surface area contributed by atoms with Gasteiger partial charge in [-0.3, -0.25) is 4.79 Å². The quantitative estimate of drug-likeness (QED) is 0.878. The zero-order valence-corrected chi connectivity index (χ0v) is 15.5. The number of nitrogens with one attached hydrogen (secondary N) is 1. The number of piperidine rings is 3. The average Bonchev–Trinajstić information content (AvgIpc) is 3.07. The van der Waals surface area contributed by atoms with Crippen LogP contribution in [0.3, 0.4) is 0 Å². The van der Waals surface area contributed by atoms with Gasteiger partial charge in [0.15, 0.2) is 0 Å². The molecule has 2 bridgehead atoms. The molecule has 1 atom stereocenters. The number of halogens is 1. The predicted octanol–water partition coefficient (Wildman–Crippen LogP) is 3.77. The molecule has 0 saturated carbocycles. The summed E-state index contributed by atoms with van der Waals surface area (Å²) in [5, 5.41) is 4.75. The predicted molar refractivity (Wildman–Crippen MR) is 98.1 cm³/mol. The highest BCUT2D eigenvalue weighted by Crippen LogP contribution is 2.33. The van der Waals surface area contributed by atoms with Crippen LogP contribution >= 0.6 is 34.7 Å². The fourth-order valence-electron chi connectivity index (χ4n) is 3.39. The number of hydrogen-bond acceptors (Lipinski definition) is 5. The van der Waals surface area contributed by atoms with E-state index >= 15 is 0 Å². The summed E-state index contributed by atoms with van der Waals surface area (Å²) in [6, 6.07) is 7.90. The Morgan fingerprint density at radius 1 is 1.29 bits per heavy atom. The van der Waals surface area contributed by atoms with E-state index in [9.17, 15) is 4.79 Å². The summed E-state index contributed by atoms with van der Waals surface area (Å²) in [4.78, 5) is 20.0. The van der Waals surface area contributed by atoms with Crippen molar-refractivity contribution in [3.8, 4) is 0 Å². The molecule has 0 spiro atoms. The van der Waals surface area contributed by atoms with Crippen LogP contribution in [0.1, 0.15) is 22.5 Å². The van der Waals surface area contributed by atoms with Gasteiger partial charge in [0.05, 0.1) is 14.1 Å². The van der Waals surface area contributed by atoms with Gasteiger partial charge in [-0.1, -0.05) is 23.4 Å². The van der Waals surface area contributed by atoms with Crippen LogP contribution in [0, 0.1) is 5.92 Å². The first-order chi connectivity index (χ1) is 11.7. The molecule has 1 amide bonds. The molecule has 126 valence electrons. The van der Waals surface area contributed by atoms with Gasteiger partial charge in [0.2, 0.25) is 0 Å². The summed E-state index contributed by atoms with van der Waals surface area (Å²) in [6.07, 6.45) is 4.05. The Kier molecular flexibility index (Phi) is 4.81. The summed E-state index contributed by atoms with van der Waals surface area (Å²) in [7, 11) is 0. The average molecular weight is 380 g/mol. The highest BCUT2D eigenvalue weighted by molar-refractivity contribution is 8.01. The minimum absolute atomic E-state index is 0.0506. The second-order valence-electron chi connectivity index (χ2n) is 6.25. The third-order valence-corrected chi connectivity index (χ3v) is 7.07. The van der Waals surface area contributed by atoms with Crippen molar-refractivity contribution in [2.75, 3.05) is 19.6 Å². The first kappa shape index (κ1) is 16.4. The molecular weight excluding hydrogens is 362 g/mol. The van der Waals surface area contributed by atoms with Crippen LogP contribution in [-0.2, 0) is 0 Å². The van der Waals surface area contributed by atoms with E-state index in [4.69, 9.17) is 11.6 Å². The number of carbonyl (C=O) groups is 1. The van der Waals surface area contributed by atoms with E-state index in [1.807, 2.05) is 24.3 Å². The Balaban J connectivity index is 1.39. The molecule has 1 N–H and O–H groups in total. The summed E-state index contributed by atoms with van der Waals surface area (Å²) >= 11 is 8.92. The molecule has 5 heterocycles. The van der Waals surface area contributed by atoms with Crippen molar-refractivity contribution >= 4 is 40.6 Å². The maximum atomic E-state index is 12.5. The Bertz CT molecular complexity index is 726. The molecule has 3 aliphatic heterocycles. The molecule has 24 heavy (non-hydrogen) atoms. The molecule has 2 aromatic heterocycles. The molecule has 3 aliphatic rings. The SMILES string of the molecule is O=C(N[C@H]1CN2CCC1CC2)c1ccc(Sc2ccc(Cl)cn2)s1. The van der Waals surface area contributed by atoms with Crippen molar-refractivity contribution < 1.29 is 4.79 Å². The van der Waals surface area contributed by atoms with E-state index in [1.54, 1.807) is 18.0 Å². The first-order valence-electron chi connectivity index (χ1n) is 8.10. The molecule has 0 radical (unpaired) electrons. The third-order valence-electron chi connectivity index (χ3n) is 4.68. The van der Waals surface area contributed by atoms with E-state index in [-0.39, 0.29) is 5.91 Å². The molecular formula is C17H18ClN3OS2. The van der Waals surface area contributed by atoms with E-state index in [0.717, 1.165) is 20.7 Å². The second kappa shape index (κ2) is 7.04. The second-order valence-corrected chi connectivity index (χ2v) is 9.09. The van der Waals surface area contributed by atoms with E-state index in [0.29, 0.717) is 17.0 Å². The van der Waals surface area contributed by atoms with Crippen LogP contribution in [0.2, 0.25) is 5.02 Å². The number of nitrogens with zero attached hydrogens (tertiary/aromatic N) is 2. The zero-order valence-electron chi connectivity index (χ0n) is 13.1. The van der Waals surface area contributed by atoms with Gasteiger partial charge in [-0.2, -0.15) is 0 Å². The monoisotopic (exact) mass is 379 g/mol. The lowest BCUT2D eigenvalue weighted by molar-refractivity contribution is 0.0622.